The number of benzene rings is 1. The molecule has 2 aliphatic carbocycles. The fraction of sp³-hybridized carbons (Fsp3) is 0.609. The van der Waals surface area contributed by atoms with Gasteiger partial charge in [0.2, 0.25) is 0 Å². The van der Waals surface area contributed by atoms with Crippen molar-refractivity contribution in [3.8, 4) is 11.5 Å². The van der Waals surface area contributed by atoms with Crippen LogP contribution in [0.5, 0.6) is 11.5 Å². The van der Waals surface area contributed by atoms with E-state index in [-0.39, 0.29) is 22.7 Å². The normalized spacial score (nSPS) is 30.2. The second kappa shape index (κ2) is 7.27. The minimum absolute atomic E-state index is 0.0599. The van der Waals surface area contributed by atoms with Crippen LogP contribution in [0.25, 0.3) is 0 Å². The molecule has 0 N–H and O–H groups in total. The third kappa shape index (κ3) is 3.14. The molecular formula is C23H31BrO3. The summed E-state index contributed by atoms with van der Waals surface area (Å²) in [5, 5.41) is 0. The molecule has 3 atom stereocenters. The summed E-state index contributed by atoms with van der Waals surface area (Å²) in [6.45, 7) is 8.85. The number of carbonyl (C=O) groups excluding carboxylic acids is 1. The maximum Gasteiger partial charge on any atom is 0.161 e. The van der Waals surface area contributed by atoms with Crippen LogP contribution in [-0.4, -0.2) is 20.0 Å². The van der Waals surface area contributed by atoms with E-state index in [1.54, 1.807) is 14.2 Å². The minimum atomic E-state index is -0.304. The predicted molar refractivity (Wildman–Crippen MR) is 113 cm³/mol. The Hall–Kier alpha value is -1.29. The molecule has 0 saturated heterocycles. The lowest BCUT2D eigenvalue weighted by Gasteiger charge is -2.51. The van der Waals surface area contributed by atoms with Crippen molar-refractivity contribution in [1.29, 1.82) is 0 Å². The summed E-state index contributed by atoms with van der Waals surface area (Å²) in [4.78, 5) is 13.3. The maximum absolute atomic E-state index is 13.3. The Morgan fingerprint density at radius 2 is 1.70 bits per heavy atom. The van der Waals surface area contributed by atoms with Gasteiger partial charge in [0, 0.05) is 21.7 Å². The molecule has 1 fully saturated rings. The van der Waals surface area contributed by atoms with Gasteiger partial charge in [-0.05, 0) is 42.4 Å². The van der Waals surface area contributed by atoms with Crippen LogP contribution in [-0.2, 0) is 10.2 Å². The highest BCUT2D eigenvalue weighted by Crippen LogP contribution is 2.59. The molecule has 1 saturated carbocycles. The number of halogens is 1. The first kappa shape index (κ1) is 20.4. The van der Waals surface area contributed by atoms with Crippen LogP contribution in [0.2, 0.25) is 0 Å². The van der Waals surface area contributed by atoms with Gasteiger partial charge in [0.1, 0.15) is 5.78 Å². The van der Waals surface area contributed by atoms with E-state index in [9.17, 15) is 4.79 Å². The van der Waals surface area contributed by atoms with Gasteiger partial charge >= 0.3 is 0 Å². The van der Waals surface area contributed by atoms with E-state index in [1.165, 1.54) is 5.57 Å². The van der Waals surface area contributed by atoms with Gasteiger partial charge in [-0.15, -0.1) is 0 Å². The Bertz CT molecular complexity index is 780. The molecule has 2 unspecified atom stereocenters. The maximum atomic E-state index is 13.3. The van der Waals surface area contributed by atoms with Crippen LogP contribution in [0.4, 0.5) is 0 Å². The molecule has 1 aromatic carbocycles. The van der Waals surface area contributed by atoms with E-state index < -0.39 is 0 Å². The van der Waals surface area contributed by atoms with Crippen LogP contribution in [0.1, 0.15) is 58.9 Å². The van der Waals surface area contributed by atoms with Crippen LogP contribution < -0.4 is 9.47 Å². The second-order valence-corrected chi connectivity index (χ2v) is 9.63. The average molecular weight is 435 g/mol. The van der Waals surface area contributed by atoms with Crippen LogP contribution >= 0.6 is 15.9 Å². The number of ketones is 1. The molecule has 2 aliphatic rings. The molecule has 0 aromatic heterocycles. The topological polar surface area (TPSA) is 35.5 Å². The number of hydrogen-bond acceptors (Lipinski definition) is 3. The van der Waals surface area contributed by atoms with Crippen molar-refractivity contribution in [2.45, 2.75) is 58.8 Å². The molecule has 3 nitrogen and oxygen atoms in total. The highest BCUT2D eigenvalue weighted by molar-refractivity contribution is 9.10. The molecule has 0 spiro atoms. The number of ether oxygens (including phenoxy) is 2. The molecule has 4 heteroatoms. The van der Waals surface area contributed by atoms with Crippen molar-refractivity contribution in [2.75, 3.05) is 14.2 Å². The fourth-order valence-corrected chi connectivity index (χ4v) is 6.06. The van der Waals surface area contributed by atoms with E-state index in [0.717, 1.165) is 35.7 Å². The van der Waals surface area contributed by atoms with E-state index >= 15 is 0 Å². The Morgan fingerprint density at radius 1 is 1.07 bits per heavy atom. The van der Waals surface area contributed by atoms with Crippen LogP contribution in [0, 0.1) is 17.3 Å². The molecule has 148 valence electrons. The van der Waals surface area contributed by atoms with Crippen LogP contribution in [0.15, 0.2) is 28.3 Å². The summed E-state index contributed by atoms with van der Waals surface area (Å²) in [5.74, 6) is 1.76. The molecule has 0 aliphatic heterocycles. The van der Waals surface area contributed by atoms with Gasteiger partial charge in [-0.25, -0.2) is 0 Å². The Morgan fingerprint density at radius 3 is 2.33 bits per heavy atom. The van der Waals surface area contributed by atoms with Crippen molar-refractivity contribution in [3.05, 3.63) is 33.8 Å². The molecule has 0 radical (unpaired) electrons. The number of hydrogen-bond donors (Lipinski definition) is 0. The number of allylic oxidation sites excluding steroid dienone is 2. The highest BCUT2D eigenvalue weighted by atomic mass is 79.9. The first-order valence-electron chi connectivity index (χ1n) is 9.86. The molecular weight excluding hydrogens is 404 g/mol. The van der Waals surface area contributed by atoms with E-state index in [1.807, 2.05) is 6.07 Å². The van der Waals surface area contributed by atoms with Gasteiger partial charge in [0.25, 0.3) is 0 Å². The number of carbonyl (C=O) groups is 1. The third-order valence-electron chi connectivity index (χ3n) is 6.86. The highest BCUT2D eigenvalue weighted by Gasteiger charge is 2.53. The van der Waals surface area contributed by atoms with Gasteiger partial charge in [-0.1, -0.05) is 61.7 Å². The predicted octanol–water partition coefficient (Wildman–Crippen LogP) is 6.09. The van der Waals surface area contributed by atoms with Gasteiger partial charge < -0.3 is 9.47 Å². The summed E-state index contributed by atoms with van der Waals surface area (Å²) in [6, 6.07) is 4.06. The molecule has 27 heavy (non-hydrogen) atoms. The van der Waals surface area contributed by atoms with Crippen molar-refractivity contribution in [1.82, 2.24) is 0 Å². The van der Waals surface area contributed by atoms with Gasteiger partial charge in [0.15, 0.2) is 11.5 Å². The Balaban J connectivity index is 2.32. The number of fused-ring (bicyclic) bond motifs is 1. The Kier molecular flexibility index (Phi) is 5.51. The van der Waals surface area contributed by atoms with E-state index in [2.05, 4.69) is 55.8 Å². The molecule has 1 aromatic rings. The quantitative estimate of drug-likeness (QED) is 0.540. The van der Waals surface area contributed by atoms with Gasteiger partial charge in [0.05, 0.1) is 14.2 Å². The standard InChI is InChI=1S/C23H31BrO3/c1-14-8-9-20-22(3,4)10-7-11-23(20,15(2)21(14)25)16-12-18(26-5)19(27-6)13-17(16)24/h9,12-15H,7-8,10-11H2,1-6H3/t14-,15?,23?/m1/s1. The first-order chi connectivity index (χ1) is 12.7. The summed E-state index contributed by atoms with van der Waals surface area (Å²) in [5.41, 5.74) is 2.33. The number of methoxy groups -OCH3 is 2. The van der Waals surface area contributed by atoms with Gasteiger partial charge in [-0.3, -0.25) is 4.79 Å². The molecule has 3 rings (SSSR count). The zero-order valence-electron chi connectivity index (χ0n) is 17.3. The summed E-state index contributed by atoms with van der Waals surface area (Å²) in [6.07, 6.45) is 6.44. The smallest absolute Gasteiger partial charge is 0.161 e. The number of rotatable bonds is 3. The minimum Gasteiger partial charge on any atom is -0.493 e. The summed E-state index contributed by atoms with van der Waals surface area (Å²) >= 11 is 3.80. The lowest BCUT2D eigenvalue weighted by atomic mass is 9.52. The lowest BCUT2D eigenvalue weighted by molar-refractivity contribution is -0.127. The van der Waals surface area contributed by atoms with Crippen molar-refractivity contribution >= 4 is 21.7 Å². The van der Waals surface area contributed by atoms with Crippen molar-refractivity contribution in [2.24, 2.45) is 17.3 Å². The summed E-state index contributed by atoms with van der Waals surface area (Å²) in [7, 11) is 3.31. The third-order valence-corrected chi connectivity index (χ3v) is 7.52. The lowest BCUT2D eigenvalue weighted by Crippen LogP contribution is -2.47. The SMILES string of the molecule is COc1cc(Br)c(C23CCCC(C)(C)C2=CC[C@@H](C)C(=O)C3C)cc1OC. The van der Waals surface area contributed by atoms with Crippen molar-refractivity contribution < 1.29 is 14.3 Å². The zero-order chi connectivity index (χ0) is 20.0. The summed E-state index contributed by atoms with van der Waals surface area (Å²) < 4.78 is 12.1. The monoisotopic (exact) mass is 434 g/mol. The van der Waals surface area contributed by atoms with Crippen molar-refractivity contribution in [3.63, 3.8) is 0 Å². The van der Waals surface area contributed by atoms with E-state index in [4.69, 9.17) is 9.47 Å². The molecule has 0 amide bonds. The molecule has 0 bridgehead atoms. The average Bonchev–Trinajstić information content (AvgIpc) is 2.73. The largest absolute Gasteiger partial charge is 0.493 e. The second-order valence-electron chi connectivity index (χ2n) is 8.77. The first-order valence-corrected chi connectivity index (χ1v) is 10.6. The fourth-order valence-electron chi connectivity index (χ4n) is 5.38. The van der Waals surface area contributed by atoms with E-state index in [0.29, 0.717) is 17.3 Å². The Labute approximate surface area is 171 Å². The van der Waals surface area contributed by atoms with Crippen LogP contribution in [0.3, 0.4) is 0 Å². The zero-order valence-corrected chi connectivity index (χ0v) is 18.9. The number of Topliss-reactive ketones (excluding diaryl/α,β-unsaturated/α-hetero) is 1. The molecule has 0 heterocycles. The van der Waals surface area contributed by atoms with Gasteiger partial charge in [-0.2, -0.15) is 0 Å².